The van der Waals surface area contributed by atoms with Crippen LogP contribution in [0.4, 0.5) is 0 Å². The van der Waals surface area contributed by atoms with E-state index < -0.39 is 0 Å². The van der Waals surface area contributed by atoms with Gasteiger partial charge in [0.05, 0.1) is 11.6 Å². The van der Waals surface area contributed by atoms with Crippen molar-refractivity contribution < 1.29 is 4.79 Å². The van der Waals surface area contributed by atoms with Crippen LogP contribution in [0.25, 0.3) is 0 Å². The average molecular weight is 245 g/mol. The third-order valence-electron chi connectivity index (χ3n) is 3.72. The molecule has 3 N–H and O–H groups in total. The van der Waals surface area contributed by atoms with E-state index in [4.69, 9.17) is 5.73 Å². The summed E-state index contributed by atoms with van der Waals surface area (Å²) in [5, 5.41) is 12.2. The van der Waals surface area contributed by atoms with Crippen molar-refractivity contribution in [2.75, 3.05) is 0 Å². The number of Topliss-reactive ketones (excluding diaryl/α,β-unsaturated/α-hetero) is 1. The Morgan fingerprint density at radius 3 is 2.72 bits per heavy atom. The molecule has 18 heavy (non-hydrogen) atoms. The Kier molecular flexibility index (Phi) is 2.94. The predicted octanol–water partition coefficient (Wildman–Crippen LogP) is 1.95. The summed E-state index contributed by atoms with van der Waals surface area (Å²) in [5.41, 5.74) is 8.06. The van der Waals surface area contributed by atoms with Crippen LogP contribution in [-0.2, 0) is 4.79 Å². The van der Waals surface area contributed by atoms with Gasteiger partial charge in [-0.2, -0.15) is 5.26 Å². The number of carbonyl (C=O) groups is 1. The van der Waals surface area contributed by atoms with Crippen molar-refractivity contribution in [2.45, 2.75) is 40.0 Å². The Bertz CT molecular complexity index is 506. The monoisotopic (exact) mass is 245 g/mol. The van der Waals surface area contributed by atoms with Gasteiger partial charge in [0, 0.05) is 23.6 Å². The minimum absolute atomic E-state index is 0.0361. The topological polar surface area (TPSA) is 78.9 Å². The highest BCUT2D eigenvalue weighted by Gasteiger charge is 2.39. The maximum atomic E-state index is 12.3. The van der Waals surface area contributed by atoms with Crippen LogP contribution < -0.4 is 11.1 Å². The Morgan fingerprint density at radius 1 is 1.50 bits per heavy atom. The molecule has 0 saturated carbocycles. The molecule has 2 rings (SSSR count). The van der Waals surface area contributed by atoms with Gasteiger partial charge in [-0.3, -0.25) is 4.79 Å². The number of rotatable bonds is 1. The van der Waals surface area contributed by atoms with E-state index in [1.165, 1.54) is 0 Å². The minimum atomic E-state index is -0.130. The molecule has 1 aliphatic heterocycles. The van der Waals surface area contributed by atoms with Gasteiger partial charge in [0.15, 0.2) is 5.78 Å². The number of nitrogens with two attached hydrogens (primary N) is 1. The van der Waals surface area contributed by atoms with E-state index in [0.29, 0.717) is 17.8 Å². The predicted molar refractivity (Wildman–Crippen MR) is 68.8 cm³/mol. The van der Waals surface area contributed by atoms with E-state index in [9.17, 15) is 10.1 Å². The van der Waals surface area contributed by atoms with Gasteiger partial charge in [0.2, 0.25) is 0 Å². The van der Waals surface area contributed by atoms with Crippen molar-refractivity contribution in [1.29, 1.82) is 5.26 Å². The van der Waals surface area contributed by atoms with Crippen LogP contribution in [0.3, 0.4) is 0 Å². The van der Waals surface area contributed by atoms with Gasteiger partial charge < -0.3 is 11.1 Å². The summed E-state index contributed by atoms with van der Waals surface area (Å²) in [4.78, 5) is 12.3. The molecule has 0 aromatic carbocycles. The molecule has 1 atom stereocenters. The van der Waals surface area contributed by atoms with Gasteiger partial charge >= 0.3 is 0 Å². The van der Waals surface area contributed by atoms with Gasteiger partial charge in [0.25, 0.3) is 0 Å². The first kappa shape index (κ1) is 12.7. The summed E-state index contributed by atoms with van der Waals surface area (Å²) in [6, 6.07) is 2.13. The van der Waals surface area contributed by atoms with Crippen molar-refractivity contribution >= 4 is 5.78 Å². The standard InChI is InChI=1S/C14H19N3O/c1-4-8-9(7-15)13(16)17-10-5-14(2,3)6-11(18)12(8)10/h8,17H,4-6,16H2,1-3H3. The van der Waals surface area contributed by atoms with Crippen molar-refractivity contribution in [2.24, 2.45) is 17.1 Å². The lowest BCUT2D eigenvalue weighted by atomic mass is 9.70. The molecule has 0 aromatic rings. The molecule has 0 spiro atoms. The molecule has 1 aliphatic carbocycles. The molecule has 0 saturated heterocycles. The molecule has 4 heteroatoms. The van der Waals surface area contributed by atoms with Crippen LogP contribution in [-0.4, -0.2) is 5.78 Å². The average Bonchev–Trinajstić information content (AvgIpc) is 2.25. The van der Waals surface area contributed by atoms with Crippen LogP contribution in [0.2, 0.25) is 0 Å². The number of nitriles is 1. The number of carbonyl (C=O) groups excluding carboxylic acids is 1. The Balaban J connectivity index is 2.49. The number of dihydropyridines is 1. The Hall–Kier alpha value is -1.76. The van der Waals surface area contributed by atoms with E-state index in [0.717, 1.165) is 24.1 Å². The molecule has 1 heterocycles. The molecule has 96 valence electrons. The molecule has 0 amide bonds. The Morgan fingerprint density at radius 2 is 2.17 bits per heavy atom. The maximum absolute atomic E-state index is 12.3. The second-order valence-electron chi connectivity index (χ2n) is 5.86. The van der Waals surface area contributed by atoms with E-state index in [1.54, 1.807) is 0 Å². The number of allylic oxidation sites excluding steroid dienone is 3. The van der Waals surface area contributed by atoms with Gasteiger partial charge in [-0.05, 0) is 18.3 Å². The normalized spacial score (nSPS) is 26.6. The van der Waals surface area contributed by atoms with E-state index in [2.05, 4.69) is 25.2 Å². The van der Waals surface area contributed by atoms with E-state index >= 15 is 0 Å². The lowest BCUT2D eigenvalue weighted by molar-refractivity contribution is -0.118. The maximum Gasteiger partial charge on any atom is 0.161 e. The number of ketones is 1. The first-order chi connectivity index (χ1) is 8.39. The fourth-order valence-corrected chi connectivity index (χ4v) is 2.96. The molecule has 0 radical (unpaired) electrons. The lowest BCUT2D eigenvalue weighted by Gasteiger charge is -2.38. The first-order valence-corrected chi connectivity index (χ1v) is 6.32. The quantitative estimate of drug-likeness (QED) is 0.740. The van der Waals surface area contributed by atoms with Crippen molar-refractivity contribution in [3.05, 3.63) is 22.7 Å². The van der Waals surface area contributed by atoms with E-state index in [1.807, 2.05) is 6.92 Å². The molecule has 0 fully saturated rings. The van der Waals surface area contributed by atoms with Crippen molar-refractivity contribution in [1.82, 2.24) is 5.32 Å². The van der Waals surface area contributed by atoms with E-state index in [-0.39, 0.29) is 17.1 Å². The fourth-order valence-electron chi connectivity index (χ4n) is 2.96. The highest BCUT2D eigenvalue weighted by Crippen LogP contribution is 2.42. The van der Waals surface area contributed by atoms with Gasteiger partial charge in [-0.25, -0.2) is 0 Å². The van der Waals surface area contributed by atoms with Crippen LogP contribution in [0.15, 0.2) is 22.7 Å². The molecular weight excluding hydrogens is 226 g/mol. The zero-order valence-corrected chi connectivity index (χ0v) is 11.1. The molecular formula is C14H19N3O. The largest absolute Gasteiger partial charge is 0.384 e. The summed E-state index contributed by atoms with van der Waals surface area (Å²) in [6.07, 6.45) is 2.09. The summed E-state index contributed by atoms with van der Waals surface area (Å²) in [6.45, 7) is 6.15. The van der Waals surface area contributed by atoms with Crippen LogP contribution in [0.1, 0.15) is 40.0 Å². The SMILES string of the molecule is CCC1C(C#N)=C(N)NC2=C1C(=O)CC(C)(C)C2. The highest BCUT2D eigenvalue weighted by atomic mass is 16.1. The molecule has 4 nitrogen and oxygen atoms in total. The third kappa shape index (κ3) is 1.90. The molecule has 2 aliphatic rings. The third-order valence-corrected chi connectivity index (χ3v) is 3.72. The summed E-state index contributed by atoms with van der Waals surface area (Å²) < 4.78 is 0. The fraction of sp³-hybridized carbons (Fsp3) is 0.571. The van der Waals surface area contributed by atoms with Crippen LogP contribution >= 0.6 is 0 Å². The van der Waals surface area contributed by atoms with Gasteiger partial charge in [-0.15, -0.1) is 0 Å². The second-order valence-corrected chi connectivity index (χ2v) is 5.86. The number of nitrogens with one attached hydrogen (secondary N) is 1. The second kappa shape index (κ2) is 4.16. The van der Waals surface area contributed by atoms with Crippen molar-refractivity contribution in [3.8, 4) is 6.07 Å². The summed E-state index contributed by atoms with van der Waals surface area (Å²) in [7, 11) is 0. The van der Waals surface area contributed by atoms with Gasteiger partial charge in [0.1, 0.15) is 5.82 Å². The first-order valence-electron chi connectivity index (χ1n) is 6.32. The zero-order valence-electron chi connectivity index (χ0n) is 11.1. The highest BCUT2D eigenvalue weighted by molar-refractivity contribution is 5.99. The molecule has 0 bridgehead atoms. The number of nitrogens with zero attached hydrogens (tertiary/aromatic N) is 1. The molecule has 1 unspecified atom stereocenters. The van der Waals surface area contributed by atoms with Crippen LogP contribution in [0.5, 0.6) is 0 Å². The summed E-state index contributed by atoms with van der Waals surface area (Å²) in [5.74, 6) is 0.435. The smallest absolute Gasteiger partial charge is 0.161 e. The van der Waals surface area contributed by atoms with Gasteiger partial charge in [-0.1, -0.05) is 20.8 Å². The number of hydrogen-bond donors (Lipinski definition) is 2. The minimum Gasteiger partial charge on any atom is -0.384 e. The summed E-state index contributed by atoms with van der Waals surface area (Å²) >= 11 is 0. The Labute approximate surface area is 108 Å². The zero-order chi connectivity index (χ0) is 13.5. The molecule has 0 aromatic heterocycles. The van der Waals surface area contributed by atoms with Crippen molar-refractivity contribution in [3.63, 3.8) is 0 Å². The van der Waals surface area contributed by atoms with Crippen LogP contribution in [0, 0.1) is 22.7 Å². The lowest BCUT2D eigenvalue weighted by Crippen LogP contribution is -2.39. The number of hydrogen-bond acceptors (Lipinski definition) is 4.